The molecule has 2 N–H and O–H groups in total. The van der Waals surface area contributed by atoms with Gasteiger partial charge in [-0.1, -0.05) is 18.2 Å². The summed E-state index contributed by atoms with van der Waals surface area (Å²) in [5.74, 6) is -0.307. The average Bonchev–Trinajstić information content (AvgIpc) is 2.02. The van der Waals surface area contributed by atoms with Crippen molar-refractivity contribution in [2.24, 2.45) is 0 Å². The smallest absolute Gasteiger partial charge is 0.236 e. The Hall–Kier alpha value is -0.780. The second kappa shape index (κ2) is 3.95. The van der Waals surface area contributed by atoms with Crippen LogP contribution in [0, 0.1) is 0 Å². The van der Waals surface area contributed by atoms with E-state index in [1.54, 1.807) is 24.3 Å². The van der Waals surface area contributed by atoms with Crippen molar-refractivity contribution in [3.8, 4) is 0 Å². The first-order valence-corrected chi connectivity index (χ1v) is 5.91. The Morgan fingerprint density at radius 3 is 2.54 bits per heavy atom. The SMILES string of the molecule is O=S(=O)(Cl)Cc1ccccc1NO. The summed E-state index contributed by atoms with van der Waals surface area (Å²) < 4.78 is 21.4. The van der Waals surface area contributed by atoms with Gasteiger partial charge in [0.1, 0.15) is 0 Å². The minimum atomic E-state index is -3.59. The van der Waals surface area contributed by atoms with E-state index in [0.29, 0.717) is 11.3 Å². The van der Waals surface area contributed by atoms with E-state index in [1.165, 1.54) is 0 Å². The van der Waals surface area contributed by atoms with Crippen molar-refractivity contribution in [2.45, 2.75) is 5.75 Å². The monoisotopic (exact) mass is 221 g/mol. The van der Waals surface area contributed by atoms with Crippen LogP contribution in [0.2, 0.25) is 0 Å². The van der Waals surface area contributed by atoms with Crippen molar-refractivity contribution in [2.75, 3.05) is 5.48 Å². The molecular formula is C7H8ClNO3S. The Balaban J connectivity index is 3.01. The molecule has 0 heterocycles. The van der Waals surface area contributed by atoms with E-state index in [2.05, 4.69) is 0 Å². The fraction of sp³-hybridized carbons (Fsp3) is 0.143. The Labute approximate surface area is 80.5 Å². The molecular weight excluding hydrogens is 214 g/mol. The van der Waals surface area contributed by atoms with Crippen LogP contribution in [0.3, 0.4) is 0 Å². The highest BCUT2D eigenvalue weighted by atomic mass is 35.7. The van der Waals surface area contributed by atoms with E-state index < -0.39 is 9.05 Å². The zero-order valence-corrected chi connectivity index (χ0v) is 8.14. The Kier molecular flexibility index (Phi) is 3.13. The minimum Gasteiger partial charge on any atom is -0.291 e. The summed E-state index contributed by atoms with van der Waals surface area (Å²) in [4.78, 5) is 0. The van der Waals surface area contributed by atoms with Gasteiger partial charge in [0.05, 0.1) is 11.4 Å². The van der Waals surface area contributed by atoms with Crippen LogP contribution >= 0.6 is 10.7 Å². The molecule has 0 aliphatic rings. The van der Waals surface area contributed by atoms with Gasteiger partial charge < -0.3 is 0 Å². The summed E-state index contributed by atoms with van der Waals surface area (Å²) in [6.45, 7) is 0. The van der Waals surface area contributed by atoms with E-state index in [1.807, 2.05) is 5.48 Å². The molecule has 0 aromatic heterocycles. The van der Waals surface area contributed by atoms with Crippen LogP contribution in [-0.4, -0.2) is 13.6 Å². The highest BCUT2D eigenvalue weighted by Crippen LogP contribution is 2.18. The van der Waals surface area contributed by atoms with Gasteiger partial charge in [-0.25, -0.2) is 8.42 Å². The van der Waals surface area contributed by atoms with Crippen molar-refractivity contribution in [3.63, 3.8) is 0 Å². The molecule has 0 aliphatic carbocycles. The maximum atomic E-state index is 10.7. The summed E-state index contributed by atoms with van der Waals surface area (Å²) >= 11 is 0. The molecule has 72 valence electrons. The number of halogens is 1. The first-order valence-electron chi connectivity index (χ1n) is 3.43. The van der Waals surface area contributed by atoms with Crippen LogP contribution in [0.1, 0.15) is 5.56 Å². The zero-order chi connectivity index (χ0) is 9.90. The number of nitrogens with one attached hydrogen (secondary N) is 1. The molecule has 4 nitrogen and oxygen atoms in total. The number of hydrogen-bond donors (Lipinski definition) is 2. The molecule has 0 radical (unpaired) electrons. The van der Waals surface area contributed by atoms with Gasteiger partial charge in [0.2, 0.25) is 9.05 Å². The molecule has 0 atom stereocenters. The van der Waals surface area contributed by atoms with E-state index in [-0.39, 0.29) is 5.75 Å². The molecule has 1 rings (SSSR count). The van der Waals surface area contributed by atoms with Crippen molar-refractivity contribution < 1.29 is 13.6 Å². The molecule has 0 fully saturated rings. The second-order valence-corrected chi connectivity index (χ2v) is 5.23. The van der Waals surface area contributed by atoms with Gasteiger partial charge in [0.25, 0.3) is 0 Å². The molecule has 1 aromatic rings. The lowest BCUT2D eigenvalue weighted by Gasteiger charge is -2.04. The van der Waals surface area contributed by atoms with Gasteiger partial charge in [-0.05, 0) is 11.6 Å². The fourth-order valence-corrected chi connectivity index (χ4v) is 1.92. The first kappa shape index (κ1) is 10.3. The molecule has 0 saturated heterocycles. The Morgan fingerprint density at radius 1 is 1.38 bits per heavy atom. The summed E-state index contributed by atoms with van der Waals surface area (Å²) in [6.07, 6.45) is 0. The largest absolute Gasteiger partial charge is 0.291 e. The van der Waals surface area contributed by atoms with Gasteiger partial charge in [-0.15, -0.1) is 0 Å². The third-order valence-corrected chi connectivity index (χ3v) is 2.45. The molecule has 6 heteroatoms. The second-order valence-electron chi connectivity index (χ2n) is 2.45. The van der Waals surface area contributed by atoms with E-state index in [4.69, 9.17) is 15.9 Å². The summed E-state index contributed by atoms with van der Waals surface area (Å²) in [7, 11) is 1.47. The molecule has 0 bridgehead atoms. The van der Waals surface area contributed by atoms with Crippen molar-refractivity contribution in [1.29, 1.82) is 0 Å². The molecule has 0 spiro atoms. The van der Waals surface area contributed by atoms with Crippen LogP contribution in [0.5, 0.6) is 0 Å². The Morgan fingerprint density at radius 2 is 2.00 bits per heavy atom. The molecule has 0 aliphatic heterocycles. The number of benzene rings is 1. The number of para-hydroxylation sites is 1. The van der Waals surface area contributed by atoms with E-state index >= 15 is 0 Å². The summed E-state index contributed by atoms with van der Waals surface area (Å²) in [6, 6.07) is 6.46. The maximum absolute atomic E-state index is 10.7. The molecule has 0 unspecified atom stereocenters. The molecule has 0 saturated carbocycles. The van der Waals surface area contributed by atoms with Crippen LogP contribution < -0.4 is 5.48 Å². The van der Waals surface area contributed by atoms with E-state index in [9.17, 15) is 8.42 Å². The lowest BCUT2D eigenvalue weighted by molar-refractivity contribution is 0.388. The maximum Gasteiger partial charge on any atom is 0.236 e. The minimum absolute atomic E-state index is 0.307. The first-order chi connectivity index (χ1) is 6.03. The highest BCUT2D eigenvalue weighted by molar-refractivity contribution is 8.13. The van der Waals surface area contributed by atoms with Gasteiger partial charge in [-0.3, -0.25) is 10.7 Å². The van der Waals surface area contributed by atoms with Gasteiger partial charge >= 0.3 is 0 Å². The van der Waals surface area contributed by atoms with Crippen molar-refractivity contribution in [3.05, 3.63) is 29.8 Å². The fourth-order valence-electron chi connectivity index (χ4n) is 0.941. The van der Waals surface area contributed by atoms with Gasteiger partial charge in [0.15, 0.2) is 0 Å². The zero-order valence-electron chi connectivity index (χ0n) is 6.57. The third-order valence-electron chi connectivity index (χ3n) is 1.47. The summed E-state index contributed by atoms with van der Waals surface area (Å²) in [5.41, 5.74) is 2.67. The average molecular weight is 222 g/mol. The molecule has 1 aromatic carbocycles. The molecule has 13 heavy (non-hydrogen) atoms. The number of rotatable bonds is 3. The number of hydrogen-bond acceptors (Lipinski definition) is 4. The highest BCUT2D eigenvalue weighted by Gasteiger charge is 2.09. The third kappa shape index (κ3) is 3.22. The summed E-state index contributed by atoms with van der Waals surface area (Å²) in [5, 5.41) is 8.63. The van der Waals surface area contributed by atoms with Crippen LogP contribution in [0.15, 0.2) is 24.3 Å². The molecule has 0 amide bonds. The predicted molar refractivity (Wildman–Crippen MR) is 50.3 cm³/mol. The quantitative estimate of drug-likeness (QED) is 0.601. The van der Waals surface area contributed by atoms with Crippen LogP contribution in [0.4, 0.5) is 5.69 Å². The normalized spacial score (nSPS) is 11.2. The lowest BCUT2D eigenvalue weighted by atomic mass is 10.2. The lowest BCUT2D eigenvalue weighted by Crippen LogP contribution is -2.00. The van der Waals surface area contributed by atoms with E-state index in [0.717, 1.165) is 0 Å². The van der Waals surface area contributed by atoms with Crippen LogP contribution in [-0.2, 0) is 14.8 Å². The van der Waals surface area contributed by atoms with Crippen molar-refractivity contribution in [1.82, 2.24) is 0 Å². The van der Waals surface area contributed by atoms with Gasteiger partial charge in [0, 0.05) is 10.7 Å². The topological polar surface area (TPSA) is 66.4 Å². The van der Waals surface area contributed by atoms with Crippen molar-refractivity contribution >= 4 is 25.4 Å². The predicted octanol–water partition coefficient (Wildman–Crippen LogP) is 1.56. The van der Waals surface area contributed by atoms with Gasteiger partial charge in [-0.2, -0.15) is 0 Å². The van der Waals surface area contributed by atoms with Crippen LogP contribution in [0.25, 0.3) is 0 Å². The Bertz CT molecular complexity index is 390. The number of anilines is 1. The standard InChI is InChI=1S/C7H8ClNO3S/c8-13(11,12)5-6-3-1-2-4-7(6)9-10/h1-4,9-10H,5H2.